The van der Waals surface area contributed by atoms with E-state index >= 15 is 0 Å². The zero-order valence-corrected chi connectivity index (χ0v) is 19.7. The lowest BCUT2D eigenvalue weighted by atomic mass is 9.92. The maximum absolute atomic E-state index is 13.1. The molecular weight excluding hydrogens is 426 g/mol. The van der Waals surface area contributed by atoms with E-state index in [4.69, 9.17) is 9.47 Å². The van der Waals surface area contributed by atoms with Gasteiger partial charge in [-0.2, -0.15) is 0 Å². The average molecular weight is 464 g/mol. The quantitative estimate of drug-likeness (QED) is 0.329. The summed E-state index contributed by atoms with van der Waals surface area (Å²) in [5.74, 6) is -0.878. The highest BCUT2D eigenvalue weighted by Gasteiger charge is 2.33. The van der Waals surface area contributed by atoms with Gasteiger partial charge in [0, 0.05) is 13.2 Å². The summed E-state index contributed by atoms with van der Waals surface area (Å²) < 4.78 is 9.88. The first-order valence-electron chi connectivity index (χ1n) is 11.5. The maximum Gasteiger partial charge on any atom is 0.407 e. The molecular formula is C24H37N3O6. The number of aliphatic hydroxyl groups excluding tert-OH is 1. The molecule has 1 saturated carbocycles. The van der Waals surface area contributed by atoms with Crippen molar-refractivity contribution in [3.05, 3.63) is 35.9 Å². The van der Waals surface area contributed by atoms with Gasteiger partial charge in [-0.05, 0) is 43.6 Å². The van der Waals surface area contributed by atoms with Gasteiger partial charge in [0.15, 0.2) is 6.10 Å². The molecule has 184 valence electrons. The number of rotatable bonds is 13. The van der Waals surface area contributed by atoms with Gasteiger partial charge in [0.2, 0.25) is 5.91 Å². The molecule has 0 aliphatic heterocycles. The third kappa shape index (κ3) is 9.39. The van der Waals surface area contributed by atoms with Crippen molar-refractivity contribution in [1.82, 2.24) is 16.0 Å². The van der Waals surface area contributed by atoms with Gasteiger partial charge in [0.05, 0.1) is 12.6 Å². The lowest BCUT2D eigenvalue weighted by molar-refractivity contribution is -0.133. The zero-order chi connectivity index (χ0) is 24.2. The van der Waals surface area contributed by atoms with Crippen LogP contribution in [0, 0.1) is 5.92 Å². The fraction of sp³-hybridized carbons (Fsp3) is 0.625. The van der Waals surface area contributed by atoms with E-state index in [1.807, 2.05) is 44.2 Å². The van der Waals surface area contributed by atoms with E-state index in [0.717, 1.165) is 24.8 Å². The largest absolute Gasteiger partial charge is 0.447 e. The number of ether oxygens (including phenoxy) is 2. The molecule has 0 saturated heterocycles. The summed E-state index contributed by atoms with van der Waals surface area (Å²) in [6.45, 7) is 4.17. The van der Waals surface area contributed by atoms with Crippen molar-refractivity contribution < 1.29 is 29.0 Å². The molecule has 1 unspecified atom stereocenters. The summed E-state index contributed by atoms with van der Waals surface area (Å²) in [5, 5.41) is 19.0. The molecule has 2 rings (SSSR count). The summed E-state index contributed by atoms with van der Waals surface area (Å²) in [6, 6.07) is 7.65. The second-order valence-electron chi connectivity index (χ2n) is 8.84. The number of carbonyl (C=O) groups excluding carboxylic acids is 3. The number of aliphatic hydroxyl groups is 1. The number of benzene rings is 1. The topological polar surface area (TPSA) is 126 Å². The van der Waals surface area contributed by atoms with E-state index in [2.05, 4.69) is 16.0 Å². The number of nitrogens with one attached hydrogen (secondary N) is 3. The van der Waals surface area contributed by atoms with Crippen molar-refractivity contribution in [2.24, 2.45) is 5.92 Å². The average Bonchev–Trinajstić information content (AvgIpc) is 2.75. The fourth-order valence-electron chi connectivity index (χ4n) is 3.52. The summed E-state index contributed by atoms with van der Waals surface area (Å²) >= 11 is 0. The van der Waals surface area contributed by atoms with Crippen LogP contribution in [0.5, 0.6) is 0 Å². The maximum atomic E-state index is 13.1. The molecule has 1 aromatic carbocycles. The molecule has 4 N–H and O–H groups in total. The van der Waals surface area contributed by atoms with Gasteiger partial charge in [0.1, 0.15) is 12.6 Å². The van der Waals surface area contributed by atoms with Crippen LogP contribution in [0.15, 0.2) is 30.3 Å². The normalized spacial score (nSPS) is 16.3. The van der Waals surface area contributed by atoms with E-state index in [9.17, 15) is 19.5 Å². The number of alkyl carbamates (subject to hydrolysis) is 1. The molecule has 3 amide bonds. The Bertz CT molecular complexity index is 754. The van der Waals surface area contributed by atoms with E-state index in [0.29, 0.717) is 6.42 Å². The molecule has 9 heteroatoms. The Hall–Kier alpha value is -2.65. The first-order chi connectivity index (χ1) is 15.8. The van der Waals surface area contributed by atoms with E-state index in [1.165, 1.54) is 7.11 Å². The predicted molar refractivity (Wildman–Crippen MR) is 123 cm³/mol. The minimum atomic E-state index is -1.43. The fourth-order valence-corrected chi connectivity index (χ4v) is 3.52. The smallest absolute Gasteiger partial charge is 0.407 e. The monoisotopic (exact) mass is 463 g/mol. The van der Waals surface area contributed by atoms with Gasteiger partial charge >= 0.3 is 6.09 Å². The summed E-state index contributed by atoms with van der Waals surface area (Å²) in [7, 11) is 1.50. The molecule has 0 spiro atoms. The molecule has 1 aliphatic carbocycles. The van der Waals surface area contributed by atoms with Gasteiger partial charge in [-0.3, -0.25) is 9.59 Å². The summed E-state index contributed by atoms with van der Waals surface area (Å²) in [6.07, 6.45) is 1.30. The molecule has 9 nitrogen and oxygen atoms in total. The molecule has 33 heavy (non-hydrogen) atoms. The molecule has 0 aromatic heterocycles. The van der Waals surface area contributed by atoms with E-state index in [-0.39, 0.29) is 31.6 Å². The molecule has 0 radical (unpaired) electrons. The van der Waals surface area contributed by atoms with E-state index in [1.54, 1.807) is 0 Å². The van der Waals surface area contributed by atoms with Crippen LogP contribution in [0.4, 0.5) is 4.79 Å². The Kier molecular flexibility index (Phi) is 11.1. The third-order valence-corrected chi connectivity index (χ3v) is 5.56. The van der Waals surface area contributed by atoms with Gasteiger partial charge in [0.25, 0.3) is 5.91 Å². The minimum absolute atomic E-state index is 0.0645. The van der Waals surface area contributed by atoms with Crippen LogP contribution in [0.2, 0.25) is 0 Å². The minimum Gasteiger partial charge on any atom is -0.447 e. The van der Waals surface area contributed by atoms with Gasteiger partial charge in [-0.15, -0.1) is 0 Å². The van der Waals surface area contributed by atoms with Gasteiger partial charge in [-0.1, -0.05) is 44.2 Å². The van der Waals surface area contributed by atoms with Crippen LogP contribution in [0.25, 0.3) is 0 Å². The second kappa shape index (κ2) is 13.8. The van der Waals surface area contributed by atoms with Crippen molar-refractivity contribution in [1.29, 1.82) is 0 Å². The van der Waals surface area contributed by atoms with Crippen molar-refractivity contribution in [3.63, 3.8) is 0 Å². The molecule has 1 aliphatic rings. The van der Waals surface area contributed by atoms with E-state index < -0.39 is 36.1 Å². The highest BCUT2D eigenvalue weighted by atomic mass is 16.6. The lowest BCUT2D eigenvalue weighted by Crippen LogP contribution is -2.57. The summed E-state index contributed by atoms with van der Waals surface area (Å²) in [5.41, 5.74) is 0.866. The number of hydrogen-bond donors (Lipinski definition) is 4. The number of methoxy groups -OCH3 is 1. The highest BCUT2D eigenvalue weighted by Crippen LogP contribution is 2.18. The first kappa shape index (κ1) is 26.6. The molecule has 3 atom stereocenters. The highest BCUT2D eigenvalue weighted by molar-refractivity contribution is 5.87. The summed E-state index contributed by atoms with van der Waals surface area (Å²) in [4.78, 5) is 37.8. The van der Waals surface area contributed by atoms with Gasteiger partial charge < -0.3 is 30.5 Å². The second-order valence-corrected chi connectivity index (χ2v) is 8.84. The number of amides is 3. The number of carbonyl (C=O) groups is 3. The van der Waals surface area contributed by atoms with Crippen LogP contribution in [0.1, 0.15) is 45.1 Å². The van der Waals surface area contributed by atoms with Crippen molar-refractivity contribution in [2.45, 2.75) is 70.2 Å². The Morgan fingerprint density at radius 1 is 1.06 bits per heavy atom. The van der Waals surface area contributed by atoms with Crippen LogP contribution in [-0.2, 0) is 25.5 Å². The SMILES string of the molecule is COCCOC(=O)N[C@@H](CC(C)C)C(=O)N[C@@H](Cc1ccccc1)C(O)C(=O)NC1CCC1. The Balaban J connectivity index is 2.09. The number of hydrogen-bond acceptors (Lipinski definition) is 6. The van der Waals surface area contributed by atoms with Crippen molar-refractivity contribution in [2.75, 3.05) is 20.3 Å². The molecule has 0 bridgehead atoms. The van der Waals surface area contributed by atoms with Gasteiger partial charge in [-0.25, -0.2) is 4.79 Å². The standard InChI is InChI=1S/C24H37N3O6/c1-16(2)14-20(27-24(31)33-13-12-32-3)22(29)26-19(15-17-8-5-4-6-9-17)21(28)23(30)25-18-10-7-11-18/h4-6,8-9,16,18-21,28H,7,10-15H2,1-3H3,(H,25,30)(H,26,29)(H,27,31)/t19-,20-,21?/m0/s1. The van der Waals surface area contributed by atoms with Crippen molar-refractivity contribution in [3.8, 4) is 0 Å². The van der Waals surface area contributed by atoms with Crippen LogP contribution in [-0.4, -0.2) is 67.6 Å². The van der Waals surface area contributed by atoms with Crippen LogP contribution < -0.4 is 16.0 Å². The Morgan fingerprint density at radius 2 is 1.76 bits per heavy atom. The molecule has 1 aromatic rings. The third-order valence-electron chi connectivity index (χ3n) is 5.56. The molecule has 0 heterocycles. The lowest BCUT2D eigenvalue weighted by Gasteiger charge is -2.31. The van der Waals surface area contributed by atoms with Crippen LogP contribution >= 0.6 is 0 Å². The Morgan fingerprint density at radius 3 is 2.33 bits per heavy atom. The predicted octanol–water partition coefficient (Wildman–Crippen LogP) is 1.53. The zero-order valence-electron chi connectivity index (χ0n) is 19.7. The Labute approximate surface area is 195 Å². The first-order valence-corrected chi connectivity index (χ1v) is 11.5. The molecule has 1 fully saturated rings. The van der Waals surface area contributed by atoms with Crippen LogP contribution in [0.3, 0.4) is 0 Å². The van der Waals surface area contributed by atoms with Crippen molar-refractivity contribution >= 4 is 17.9 Å².